The van der Waals surface area contributed by atoms with Crippen molar-refractivity contribution in [3.05, 3.63) is 29.8 Å². The number of rotatable bonds is 6. The molecule has 2 aliphatic rings. The van der Waals surface area contributed by atoms with E-state index in [1.54, 1.807) is 24.3 Å². The number of aryl methyl sites for hydroxylation is 1. The molecule has 144 valence electrons. The average Bonchev–Trinajstić information content (AvgIpc) is 3.15. The summed E-state index contributed by atoms with van der Waals surface area (Å²) in [4.78, 5) is 12.6. The van der Waals surface area contributed by atoms with Gasteiger partial charge in [0.1, 0.15) is 0 Å². The summed E-state index contributed by atoms with van der Waals surface area (Å²) in [5.41, 5.74) is 1.03. The molecule has 0 saturated carbocycles. The molecular formula is C19H28N2O4S. The van der Waals surface area contributed by atoms with Crippen LogP contribution in [0.25, 0.3) is 0 Å². The highest BCUT2D eigenvalue weighted by Gasteiger charge is 2.32. The highest BCUT2D eigenvalue weighted by atomic mass is 32.2. The molecule has 1 unspecified atom stereocenters. The number of hydrogen-bond acceptors (Lipinski definition) is 4. The Labute approximate surface area is 156 Å². The first-order valence-electron chi connectivity index (χ1n) is 9.43. The minimum atomic E-state index is -3.47. The smallest absolute Gasteiger partial charge is 0.243 e. The average molecular weight is 381 g/mol. The minimum Gasteiger partial charge on any atom is -0.378 e. The Bertz CT molecular complexity index is 704. The largest absolute Gasteiger partial charge is 0.378 e. The van der Waals surface area contributed by atoms with Gasteiger partial charge in [0, 0.05) is 32.2 Å². The molecule has 2 aliphatic heterocycles. The lowest BCUT2D eigenvalue weighted by Gasteiger charge is -2.30. The molecule has 7 heteroatoms. The highest BCUT2D eigenvalue weighted by molar-refractivity contribution is 7.89. The van der Waals surface area contributed by atoms with E-state index in [-0.39, 0.29) is 17.9 Å². The number of ether oxygens (including phenoxy) is 1. The van der Waals surface area contributed by atoms with Crippen molar-refractivity contribution in [2.75, 3.05) is 26.2 Å². The van der Waals surface area contributed by atoms with Crippen LogP contribution in [-0.2, 0) is 19.6 Å². The number of amides is 1. The number of nitrogens with zero attached hydrogens (tertiary/aromatic N) is 1. The van der Waals surface area contributed by atoms with Gasteiger partial charge < -0.3 is 10.1 Å². The Kier molecular flexibility index (Phi) is 6.32. The van der Waals surface area contributed by atoms with Gasteiger partial charge in [-0.05, 0) is 51.2 Å². The summed E-state index contributed by atoms with van der Waals surface area (Å²) in [5.74, 6) is -0.0701. The van der Waals surface area contributed by atoms with Gasteiger partial charge in [-0.25, -0.2) is 8.42 Å². The topological polar surface area (TPSA) is 75.7 Å². The van der Waals surface area contributed by atoms with Crippen molar-refractivity contribution in [2.45, 2.75) is 50.0 Å². The number of hydrogen-bond donors (Lipinski definition) is 1. The van der Waals surface area contributed by atoms with E-state index in [9.17, 15) is 13.2 Å². The zero-order valence-corrected chi connectivity index (χ0v) is 16.1. The number of piperidine rings is 1. The van der Waals surface area contributed by atoms with E-state index in [1.165, 1.54) is 4.31 Å². The van der Waals surface area contributed by atoms with E-state index in [0.717, 1.165) is 31.4 Å². The molecule has 2 saturated heterocycles. The van der Waals surface area contributed by atoms with Crippen molar-refractivity contribution < 1.29 is 17.9 Å². The number of nitrogens with one attached hydrogen (secondary N) is 1. The van der Waals surface area contributed by atoms with Gasteiger partial charge in [0.05, 0.1) is 11.0 Å². The summed E-state index contributed by atoms with van der Waals surface area (Å²) in [6.07, 6.45) is 4.44. The van der Waals surface area contributed by atoms with Crippen LogP contribution >= 0.6 is 0 Å². The fourth-order valence-corrected chi connectivity index (χ4v) is 5.06. The van der Waals surface area contributed by atoms with Crippen LogP contribution in [0.4, 0.5) is 0 Å². The Balaban J connectivity index is 1.47. The predicted molar refractivity (Wildman–Crippen MR) is 99.3 cm³/mol. The molecule has 3 rings (SSSR count). The first-order chi connectivity index (χ1) is 12.5. The quantitative estimate of drug-likeness (QED) is 0.820. The van der Waals surface area contributed by atoms with Crippen LogP contribution in [0.3, 0.4) is 0 Å². The zero-order valence-electron chi connectivity index (χ0n) is 15.3. The molecule has 1 amide bonds. The molecule has 0 radical (unpaired) electrons. The Hall–Kier alpha value is -1.44. The normalized spacial score (nSPS) is 22.4. The molecule has 0 aromatic heterocycles. The summed E-state index contributed by atoms with van der Waals surface area (Å²) in [5, 5.41) is 2.98. The zero-order chi connectivity index (χ0) is 18.6. The fourth-order valence-electron chi connectivity index (χ4n) is 3.59. The van der Waals surface area contributed by atoms with Gasteiger partial charge in [-0.2, -0.15) is 4.31 Å². The van der Waals surface area contributed by atoms with Crippen molar-refractivity contribution in [2.24, 2.45) is 5.92 Å². The first-order valence-corrected chi connectivity index (χ1v) is 10.9. The number of carbonyl (C=O) groups is 1. The molecule has 0 aliphatic carbocycles. The molecule has 0 spiro atoms. The second kappa shape index (κ2) is 8.50. The second-order valence-electron chi connectivity index (χ2n) is 7.21. The van der Waals surface area contributed by atoms with E-state index in [1.807, 2.05) is 6.92 Å². The third kappa shape index (κ3) is 4.64. The van der Waals surface area contributed by atoms with E-state index >= 15 is 0 Å². The lowest BCUT2D eigenvalue weighted by molar-refractivity contribution is -0.126. The van der Waals surface area contributed by atoms with Gasteiger partial charge in [-0.1, -0.05) is 17.7 Å². The summed E-state index contributed by atoms with van der Waals surface area (Å²) in [6, 6.07) is 6.91. The van der Waals surface area contributed by atoms with Crippen molar-refractivity contribution in [3.63, 3.8) is 0 Å². The maximum Gasteiger partial charge on any atom is 0.243 e. The van der Waals surface area contributed by atoms with Gasteiger partial charge in [-0.15, -0.1) is 0 Å². The van der Waals surface area contributed by atoms with E-state index in [0.29, 0.717) is 37.4 Å². The second-order valence-corrected chi connectivity index (χ2v) is 9.14. The van der Waals surface area contributed by atoms with Crippen LogP contribution in [0.15, 0.2) is 29.2 Å². The minimum absolute atomic E-state index is 0.0374. The molecule has 1 N–H and O–H groups in total. The summed E-state index contributed by atoms with van der Waals surface area (Å²) in [6.45, 7) is 4.16. The van der Waals surface area contributed by atoms with Crippen LogP contribution in [0.1, 0.15) is 37.7 Å². The molecule has 1 aromatic carbocycles. The van der Waals surface area contributed by atoms with Crippen LogP contribution in [-0.4, -0.2) is 51.0 Å². The monoisotopic (exact) mass is 380 g/mol. The summed E-state index contributed by atoms with van der Waals surface area (Å²) >= 11 is 0. The molecule has 0 bridgehead atoms. The lowest BCUT2D eigenvalue weighted by Crippen LogP contribution is -2.43. The molecular weight excluding hydrogens is 352 g/mol. The van der Waals surface area contributed by atoms with Crippen LogP contribution in [0.2, 0.25) is 0 Å². The van der Waals surface area contributed by atoms with Gasteiger partial charge in [-0.3, -0.25) is 4.79 Å². The molecule has 6 nitrogen and oxygen atoms in total. The van der Waals surface area contributed by atoms with Crippen molar-refractivity contribution in [1.82, 2.24) is 9.62 Å². The van der Waals surface area contributed by atoms with E-state index in [4.69, 9.17) is 4.74 Å². The maximum atomic E-state index is 12.7. The standard InChI is InChI=1S/C19H28N2O4S/c1-15-4-6-18(7-5-15)26(23,24)21-12-9-16(10-13-21)19(22)20-11-8-17-3-2-14-25-17/h4-7,16-17H,2-3,8-14H2,1H3,(H,20,22). The maximum absolute atomic E-state index is 12.7. The van der Waals surface area contributed by atoms with Gasteiger partial charge in [0.2, 0.25) is 15.9 Å². The third-order valence-electron chi connectivity index (χ3n) is 5.27. The predicted octanol–water partition coefficient (Wildman–Crippen LogP) is 2.08. The van der Waals surface area contributed by atoms with Gasteiger partial charge >= 0.3 is 0 Å². The van der Waals surface area contributed by atoms with E-state index in [2.05, 4.69) is 5.32 Å². The Morgan fingerprint density at radius 2 is 1.88 bits per heavy atom. The molecule has 26 heavy (non-hydrogen) atoms. The number of benzene rings is 1. The van der Waals surface area contributed by atoms with Crippen LogP contribution in [0.5, 0.6) is 0 Å². The van der Waals surface area contributed by atoms with E-state index < -0.39 is 10.0 Å². The lowest BCUT2D eigenvalue weighted by atomic mass is 9.97. The summed E-state index contributed by atoms with van der Waals surface area (Å²) < 4.78 is 32.5. The van der Waals surface area contributed by atoms with Gasteiger partial charge in [0.25, 0.3) is 0 Å². The molecule has 1 atom stereocenters. The Morgan fingerprint density at radius 1 is 1.19 bits per heavy atom. The molecule has 1 aromatic rings. The summed E-state index contributed by atoms with van der Waals surface area (Å²) in [7, 11) is -3.47. The van der Waals surface area contributed by atoms with Crippen molar-refractivity contribution in [3.8, 4) is 0 Å². The van der Waals surface area contributed by atoms with Crippen LogP contribution < -0.4 is 5.32 Å². The van der Waals surface area contributed by atoms with Crippen LogP contribution in [0, 0.1) is 12.8 Å². The van der Waals surface area contributed by atoms with Crippen molar-refractivity contribution >= 4 is 15.9 Å². The van der Waals surface area contributed by atoms with Gasteiger partial charge in [0.15, 0.2) is 0 Å². The highest BCUT2D eigenvalue weighted by Crippen LogP contribution is 2.24. The molecule has 2 fully saturated rings. The van der Waals surface area contributed by atoms with Crippen molar-refractivity contribution in [1.29, 1.82) is 0 Å². The Morgan fingerprint density at radius 3 is 2.50 bits per heavy atom. The SMILES string of the molecule is Cc1ccc(S(=O)(=O)N2CCC(C(=O)NCCC3CCCO3)CC2)cc1. The fraction of sp³-hybridized carbons (Fsp3) is 0.632. The first kappa shape index (κ1) is 19.3. The number of carbonyl (C=O) groups excluding carboxylic acids is 1. The molecule has 2 heterocycles. The third-order valence-corrected chi connectivity index (χ3v) is 7.19. The number of sulfonamides is 1.